The Hall–Kier alpha value is -2.11. The number of nitrogens with zero attached hydrogens (tertiary/aromatic N) is 4. The summed E-state index contributed by atoms with van der Waals surface area (Å²) < 4.78 is 8.00. The number of halogens is 2. The van der Waals surface area contributed by atoms with E-state index in [9.17, 15) is 0 Å². The molecule has 7 heteroatoms. The van der Waals surface area contributed by atoms with Gasteiger partial charge in [-0.2, -0.15) is 0 Å². The van der Waals surface area contributed by atoms with E-state index in [-0.39, 0.29) is 0 Å². The second-order valence-electron chi connectivity index (χ2n) is 8.51. The molecule has 2 bridgehead atoms. The monoisotopic (exact) mass is 428 g/mol. The summed E-state index contributed by atoms with van der Waals surface area (Å²) in [6, 6.07) is 5.33. The normalized spacial score (nSPS) is 22.3. The predicted octanol–water partition coefficient (Wildman–Crippen LogP) is 5.86. The first-order valence-electron chi connectivity index (χ1n) is 9.91. The van der Waals surface area contributed by atoms with Crippen molar-refractivity contribution in [3.63, 3.8) is 0 Å². The predicted molar refractivity (Wildman–Crippen MR) is 114 cm³/mol. The topological polar surface area (TPSA) is 52.3 Å². The number of rotatable bonds is 5. The number of hydrogen-bond donors (Lipinski definition) is 0. The molecule has 3 aromatic rings. The van der Waals surface area contributed by atoms with E-state index in [4.69, 9.17) is 27.9 Å². The molecule has 5 nitrogen and oxygen atoms in total. The SMILES string of the molecule is CC1(C)C2CC=C(CCOc3cncc4nnc(-c5ccc(Cl)cc5Cl)n34)C1C2. The summed E-state index contributed by atoms with van der Waals surface area (Å²) in [6.45, 7) is 5.38. The molecule has 29 heavy (non-hydrogen) atoms. The molecule has 2 aromatic heterocycles. The molecule has 150 valence electrons. The van der Waals surface area contributed by atoms with Gasteiger partial charge in [-0.1, -0.05) is 48.7 Å². The van der Waals surface area contributed by atoms with E-state index in [0.717, 1.165) is 17.9 Å². The molecule has 2 heterocycles. The van der Waals surface area contributed by atoms with Gasteiger partial charge in [0.15, 0.2) is 11.5 Å². The van der Waals surface area contributed by atoms with Crippen LogP contribution in [0.5, 0.6) is 5.88 Å². The standard InChI is InChI=1S/C22H22Cl2N4O/c1-22(2)14-4-3-13(17(22)9-14)7-8-29-20-12-25-11-19-26-27-21(28(19)20)16-6-5-15(23)10-18(16)24/h3,5-6,10-12,14,17H,4,7-9H2,1-2H3. The Morgan fingerprint density at radius 3 is 2.83 bits per heavy atom. The lowest BCUT2D eigenvalue weighted by Gasteiger charge is -2.56. The third-order valence-electron chi connectivity index (χ3n) is 6.68. The van der Waals surface area contributed by atoms with Crippen molar-refractivity contribution in [2.75, 3.05) is 6.61 Å². The fourth-order valence-corrected chi connectivity index (χ4v) is 5.29. The number of ether oxygens (including phenoxy) is 1. The van der Waals surface area contributed by atoms with Gasteiger partial charge in [0, 0.05) is 17.0 Å². The molecule has 0 aliphatic heterocycles. The zero-order valence-electron chi connectivity index (χ0n) is 16.4. The van der Waals surface area contributed by atoms with Crippen molar-refractivity contribution in [1.29, 1.82) is 0 Å². The van der Waals surface area contributed by atoms with Gasteiger partial charge in [-0.15, -0.1) is 10.2 Å². The van der Waals surface area contributed by atoms with E-state index in [1.54, 1.807) is 24.5 Å². The Morgan fingerprint density at radius 1 is 1.21 bits per heavy atom. The maximum Gasteiger partial charge on any atom is 0.220 e. The van der Waals surface area contributed by atoms with E-state index in [1.165, 1.54) is 18.4 Å². The molecule has 0 radical (unpaired) electrons. The third kappa shape index (κ3) is 3.11. The number of fused-ring (bicyclic) bond motifs is 2. The van der Waals surface area contributed by atoms with E-state index in [1.807, 2.05) is 10.5 Å². The maximum absolute atomic E-state index is 6.40. The smallest absolute Gasteiger partial charge is 0.220 e. The van der Waals surface area contributed by atoms with Crippen molar-refractivity contribution in [3.8, 4) is 17.3 Å². The van der Waals surface area contributed by atoms with E-state index in [2.05, 4.69) is 35.1 Å². The van der Waals surface area contributed by atoms with Crippen molar-refractivity contribution < 1.29 is 4.74 Å². The maximum atomic E-state index is 6.40. The van der Waals surface area contributed by atoms with Gasteiger partial charge in [0.1, 0.15) is 0 Å². The lowest BCUT2D eigenvalue weighted by atomic mass is 9.48. The molecule has 0 spiro atoms. The Balaban J connectivity index is 1.40. The third-order valence-corrected chi connectivity index (χ3v) is 7.23. The highest BCUT2D eigenvalue weighted by atomic mass is 35.5. The zero-order chi connectivity index (χ0) is 20.2. The van der Waals surface area contributed by atoms with Crippen molar-refractivity contribution in [3.05, 3.63) is 52.3 Å². The summed E-state index contributed by atoms with van der Waals surface area (Å²) in [4.78, 5) is 4.25. The van der Waals surface area contributed by atoms with Gasteiger partial charge in [-0.05, 0) is 48.3 Å². The second kappa shape index (κ2) is 6.99. The van der Waals surface area contributed by atoms with Crippen LogP contribution < -0.4 is 4.74 Å². The highest BCUT2D eigenvalue weighted by Gasteiger charge is 2.50. The largest absolute Gasteiger partial charge is 0.477 e. The van der Waals surface area contributed by atoms with Crippen LogP contribution in [-0.4, -0.2) is 26.2 Å². The van der Waals surface area contributed by atoms with Crippen molar-refractivity contribution in [2.24, 2.45) is 17.3 Å². The van der Waals surface area contributed by atoms with Crippen LogP contribution >= 0.6 is 23.2 Å². The molecule has 1 saturated carbocycles. The van der Waals surface area contributed by atoms with Crippen LogP contribution in [0.1, 0.15) is 33.1 Å². The van der Waals surface area contributed by atoms with Crippen molar-refractivity contribution >= 4 is 28.8 Å². The minimum atomic E-state index is 0.429. The molecule has 6 rings (SSSR count). The molecular formula is C22H22Cl2N4O. The summed E-state index contributed by atoms with van der Waals surface area (Å²) in [5.74, 6) is 2.76. The van der Waals surface area contributed by atoms with E-state index < -0.39 is 0 Å². The summed E-state index contributed by atoms with van der Waals surface area (Å²) in [5, 5.41) is 9.62. The summed E-state index contributed by atoms with van der Waals surface area (Å²) in [6.07, 6.45) is 9.22. The van der Waals surface area contributed by atoms with Gasteiger partial charge in [0.2, 0.25) is 5.88 Å². The minimum absolute atomic E-state index is 0.429. The lowest BCUT2D eigenvalue weighted by molar-refractivity contribution is -0.00922. The average Bonchev–Trinajstić information content (AvgIpc) is 3.13. The van der Waals surface area contributed by atoms with Gasteiger partial charge in [0.25, 0.3) is 0 Å². The Labute approximate surface area is 179 Å². The first kappa shape index (κ1) is 18.9. The fourth-order valence-electron chi connectivity index (χ4n) is 4.80. The van der Waals surface area contributed by atoms with Crippen LogP contribution in [0.15, 0.2) is 42.2 Å². The fraction of sp³-hybridized carbons (Fsp3) is 0.409. The summed E-state index contributed by atoms with van der Waals surface area (Å²) in [5.41, 5.74) is 3.32. The first-order chi connectivity index (χ1) is 13.9. The molecule has 3 aliphatic carbocycles. The van der Waals surface area contributed by atoms with Crippen molar-refractivity contribution in [2.45, 2.75) is 33.1 Å². The second-order valence-corrected chi connectivity index (χ2v) is 9.35. The number of hydrogen-bond acceptors (Lipinski definition) is 4. The zero-order valence-corrected chi connectivity index (χ0v) is 17.9. The van der Waals surface area contributed by atoms with Gasteiger partial charge < -0.3 is 4.74 Å². The van der Waals surface area contributed by atoms with E-state index in [0.29, 0.717) is 45.3 Å². The van der Waals surface area contributed by atoms with Gasteiger partial charge in [-0.3, -0.25) is 4.98 Å². The Morgan fingerprint density at radius 2 is 2.07 bits per heavy atom. The molecule has 3 aliphatic rings. The quantitative estimate of drug-likeness (QED) is 0.477. The highest BCUT2D eigenvalue weighted by Crippen LogP contribution is 2.59. The number of aromatic nitrogens is 4. The van der Waals surface area contributed by atoms with Gasteiger partial charge in [0.05, 0.1) is 24.0 Å². The number of benzene rings is 1. The van der Waals surface area contributed by atoms with Crippen LogP contribution in [0.2, 0.25) is 10.0 Å². The minimum Gasteiger partial charge on any atom is -0.477 e. The molecule has 2 unspecified atom stereocenters. The highest BCUT2D eigenvalue weighted by molar-refractivity contribution is 6.36. The molecular weight excluding hydrogens is 407 g/mol. The van der Waals surface area contributed by atoms with Crippen LogP contribution in [0, 0.1) is 17.3 Å². The Kier molecular flexibility index (Phi) is 4.56. The average molecular weight is 429 g/mol. The van der Waals surface area contributed by atoms with Gasteiger partial charge >= 0.3 is 0 Å². The molecule has 0 saturated heterocycles. The molecule has 1 aromatic carbocycles. The Bertz CT molecular complexity index is 1120. The van der Waals surface area contributed by atoms with Crippen LogP contribution in [0.25, 0.3) is 17.0 Å². The number of allylic oxidation sites excluding steroid dienone is 1. The van der Waals surface area contributed by atoms with E-state index >= 15 is 0 Å². The van der Waals surface area contributed by atoms with Crippen LogP contribution in [0.3, 0.4) is 0 Å². The van der Waals surface area contributed by atoms with Crippen LogP contribution in [0.4, 0.5) is 0 Å². The van der Waals surface area contributed by atoms with Gasteiger partial charge in [-0.25, -0.2) is 4.40 Å². The molecule has 0 amide bonds. The van der Waals surface area contributed by atoms with Crippen LogP contribution in [-0.2, 0) is 0 Å². The molecule has 0 N–H and O–H groups in total. The summed E-state index contributed by atoms with van der Waals surface area (Å²) >= 11 is 12.4. The van der Waals surface area contributed by atoms with Crippen molar-refractivity contribution in [1.82, 2.24) is 19.6 Å². The lowest BCUT2D eigenvalue weighted by Crippen LogP contribution is -2.48. The molecule has 2 atom stereocenters. The summed E-state index contributed by atoms with van der Waals surface area (Å²) in [7, 11) is 0. The molecule has 1 fully saturated rings. The first-order valence-corrected chi connectivity index (χ1v) is 10.7.